The van der Waals surface area contributed by atoms with Crippen LogP contribution in [0.4, 0.5) is 0 Å². The van der Waals surface area contributed by atoms with Crippen LogP contribution >= 0.6 is 0 Å². The molecule has 1 heterocycles. The topological polar surface area (TPSA) is 82.1 Å². The molecule has 0 aromatic heterocycles. The summed E-state index contributed by atoms with van der Waals surface area (Å²) >= 11 is 0. The predicted molar refractivity (Wildman–Crippen MR) is 86.9 cm³/mol. The quantitative estimate of drug-likeness (QED) is 0.395. The molecule has 0 saturated heterocycles. The summed E-state index contributed by atoms with van der Waals surface area (Å²) < 4.78 is 16.3. The second-order valence-corrected chi connectivity index (χ2v) is 5.63. The highest BCUT2D eigenvalue weighted by molar-refractivity contribution is 5.88. The molecule has 0 bridgehead atoms. The number of aromatic hydroxyl groups is 1. The SMILES string of the molecule is C=C(C)[C@@H]1Oc2cc(O)c(OC(C)=O)cc2[C@H]1OC(=O)/C(C)=C\C. The lowest BCUT2D eigenvalue weighted by atomic mass is 10.0. The summed E-state index contributed by atoms with van der Waals surface area (Å²) in [5, 5.41) is 9.95. The maximum atomic E-state index is 12.1. The fraction of sp³-hybridized carbons (Fsp3) is 0.333. The van der Waals surface area contributed by atoms with E-state index in [9.17, 15) is 14.7 Å². The van der Waals surface area contributed by atoms with Crippen molar-refractivity contribution in [2.24, 2.45) is 0 Å². The van der Waals surface area contributed by atoms with E-state index in [1.54, 1.807) is 26.8 Å². The van der Waals surface area contributed by atoms with E-state index in [0.717, 1.165) is 0 Å². The van der Waals surface area contributed by atoms with Crippen LogP contribution in [0, 0.1) is 0 Å². The van der Waals surface area contributed by atoms with E-state index in [0.29, 0.717) is 22.5 Å². The Kier molecular flexibility index (Phi) is 4.97. The number of hydrogen-bond donors (Lipinski definition) is 1. The smallest absolute Gasteiger partial charge is 0.334 e. The lowest BCUT2D eigenvalue weighted by Crippen LogP contribution is -2.24. The fourth-order valence-corrected chi connectivity index (χ4v) is 2.30. The van der Waals surface area contributed by atoms with Crippen LogP contribution in [0.2, 0.25) is 0 Å². The molecule has 0 unspecified atom stereocenters. The Labute approximate surface area is 140 Å². The summed E-state index contributed by atoms with van der Waals surface area (Å²) in [6.45, 7) is 10.2. The van der Waals surface area contributed by atoms with Crippen molar-refractivity contribution in [2.75, 3.05) is 0 Å². The van der Waals surface area contributed by atoms with Crippen LogP contribution in [-0.2, 0) is 14.3 Å². The van der Waals surface area contributed by atoms with Gasteiger partial charge in [-0.2, -0.15) is 0 Å². The molecule has 0 radical (unpaired) electrons. The lowest BCUT2D eigenvalue weighted by Gasteiger charge is -2.20. The highest BCUT2D eigenvalue weighted by Gasteiger charge is 2.39. The van der Waals surface area contributed by atoms with Crippen molar-refractivity contribution in [3.05, 3.63) is 41.5 Å². The van der Waals surface area contributed by atoms with Crippen molar-refractivity contribution in [2.45, 2.75) is 39.9 Å². The first-order valence-electron chi connectivity index (χ1n) is 7.45. The molecular formula is C18H20O6. The zero-order valence-electron chi connectivity index (χ0n) is 14.1. The molecular weight excluding hydrogens is 312 g/mol. The van der Waals surface area contributed by atoms with E-state index in [4.69, 9.17) is 14.2 Å². The van der Waals surface area contributed by atoms with Crippen LogP contribution in [0.3, 0.4) is 0 Å². The summed E-state index contributed by atoms with van der Waals surface area (Å²) in [4.78, 5) is 23.3. The zero-order chi connectivity index (χ0) is 18.0. The largest absolute Gasteiger partial charge is 0.504 e. The summed E-state index contributed by atoms with van der Waals surface area (Å²) in [6.07, 6.45) is 0.325. The molecule has 6 nitrogen and oxygen atoms in total. The number of carbonyl (C=O) groups excluding carboxylic acids is 2. The van der Waals surface area contributed by atoms with Crippen molar-refractivity contribution in [3.8, 4) is 17.2 Å². The molecule has 0 aliphatic carbocycles. The van der Waals surface area contributed by atoms with Crippen LogP contribution in [0.5, 0.6) is 17.2 Å². The molecule has 1 aliphatic rings. The summed E-state index contributed by atoms with van der Waals surface area (Å²) in [7, 11) is 0. The zero-order valence-corrected chi connectivity index (χ0v) is 14.1. The molecule has 2 rings (SSSR count). The van der Waals surface area contributed by atoms with Gasteiger partial charge in [-0.05, 0) is 32.4 Å². The molecule has 128 valence electrons. The van der Waals surface area contributed by atoms with Crippen LogP contribution in [0.1, 0.15) is 39.4 Å². The number of fused-ring (bicyclic) bond motifs is 1. The Balaban J connectivity index is 2.43. The normalized spacial score (nSPS) is 19.2. The molecule has 1 aliphatic heterocycles. The minimum atomic E-state index is -0.741. The van der Waals surface area contributed by atoms with Crippen LogP contribution in [0.25, 0.3) is 0 Å². The minimum Gasteiger partial charge on any atom is -0.504 e. The Hall–Kier alpha value is -2.76. The monoisotopic (exact) mass is 332 g/mol. The number of carbonyl (C=O) groups is 2. The van der Waals surface area contributed by atoms with Crippen molar-refractivity contribution in [1.29, 1.82) is 0 Å². The van der Waals surface area contributed by atoms with Gasteiger partial charge in [0.15, 0.2) is 23.7 Å². The third kappa shape index (κ3) is 3.42. The second-order valence-electron chi connectivity index (χ2n) is 5.63. The minimum absolute atomic E-state index is 0.0176. The van der Waals surface area contributed by atoms with Crippen molar-refractivity contribution < 1.29 is 28.9 Å². The van der Waals surface area contributed by atoms with Crippen LogP contribution in [-0.4, -0.2) is 23.1 Å². The van der Waals surface area contributed by atoms with E-state index in [1.807, 2.05) is 0 Å². The van der Waals surface area contributed by atoms with Crippen molar-refractivity contribution in [1.82, 2.24) is 0 Å². The highest BCUT2D eigenvalue weighted by atomic mass is 16.6. The van der Waals surface area contributed by atoms with Gasteiger partial charge in [0.25, 0.3) is 0 Å². The average molecular weight is 332 g/mol. The summed E-state index contributed by atoms with van der Waals surface area (Å²) in [5.41, 5.74) is 1.63. The van der Waals surface area contributed by atoms with E-state index >= 15 is 0 Å². The van der Waals surface area contributed by atoms with Crippen molar-refractivity contribution >= 4 is 11.9 Å². The van der Waals surface area contributed by atoms with E-state index in [1.165, 1.54) is 19.1 Å². The Morgan fingerprint density at radius 2 is 1.96 bits per heavy atom. The molecule has 0 saturated carbocycles. The number of allylic oxidation sites excluding steroid dienone is 1. The predicted octanol–water partition coefficient (Wildman–Crippen LogP) is 3.21. The molecule has 1 aromatic carbocycles. The van der Waals surface area contributed by atoms with Gasteiger partial charge in [-0.3, -0.25) is 4.79 Å². The van der Waals surface area contributed by atoms with Gasteiger partial charge >= 0.3 is 11.9 Å². The lowest BCUT2D eigenvalue weighted by molar-refractivity contribution is -0.147. The van der Waals surface area contributed by atoms with Gasteiger partial charge in [0.1, 0.15) is 5.75 Å². The van der Waals surface area contributed by atoms with E-state index < -0.39 is 24.1 Å². The van der Waals surface area contributed by atoms with Gasteiger partial charge < -0.3 is 19.3 Å². The first kappa shape index (κ1) is 17.6. The van der Waals surface area contributed by atoms with Crippen LogP contribution < -0.4 is 9.47 Å². The summed E-state index contributed by atoms with van der Waals surface area (Å²) in [5.74, 6) is -0.949. The van der Waals surface area contributed by atoms with Gasteiger partial charge in [0.05, 0.1) is 0 Å². The van der Waals surface area contributed by atoms with E-state index in [2.05, 4.69) is 6.58 Å². The van der Waals surface area contributed by atoms with Gasteiger partial charge in [0.2, 0.25) is 0 Å². The van der Waals surface area contributed by atoms with Crippen LogP contribution in [0.15, 0.2) is 35.9 Å². The molecule has 24 heavy (non-hydrogen) atoms. The Morgan fingerprint density at radius 1 is 1.29 bits per heavy atom. The second kappa shape index (κ2) is 6.78. The van der Waals surface area contributed by atoms with Gasteiger partial charge in [-0.25, -0.2) is 4.79 Å². The Morgan fingerprint density at radius 3 is 2.50 bits per heavy atom. The number of hydrogen-bond acceptors (Lipinski definition) is 6. The average Bonchev–Trinajstić information content (AvgIpc) is 2.84. The number of benzene rings is 1. The van der Waals surface area contributed by atoms with Crippen molar-refractivity contribution in [3.63, 3.8) is 0 Å². The molecule has 2 atom stereocenters. The fourth-order valence-electron chi connectivity index (χ4n) is 2.30. The molecule has 1 aromatic rings. The molecule has 0 fully saturated rings. The van der Waals surface area contributed by atoms with Gasteiger partial charge in [0, 0.05) is 24.1 Å². The first-order valence-corrected chi connectivity index (χ1v) is 7.45. The van der Waals surface area contributed by atoms with Gasteiger partial charge in [-0.15, -0.1) is 0 Å². The van der Waals surface area contributed by atoms with Gasteiger partial charge in [-0.1, -0.05) is 12.7 Å². The number of phenols is 1. The highest BCUT2D eigenvalue weighted by Crippen LogP contribution is 2.46. The maximum Gasteiger partial charge on any atom is 0.334 e. The Bertz CT molecular complexity index is 731. The number of phenolic OH excluding ortho intramolecular Hbond substituents is 1. The number of rotatable bonds is 4. The number of ether oxygens (including phenoxy) is 3. The molecule has 0 spiro atoms. The third-order valence-electron chi connectivity index (χ3n) is 3.66. The maximum absolute atomic E-state index is 12.1. The molecule has 6 heteroatoms. The third-order valence-corrected chi connectivity index (χ3v) is 3.66. The standard InChI is InChI=1S/C18H20O6/c1-6-10(4)18(21)24-17-12-7-15(22-11(5)19)13(20)8-14(12)23-16(17)9(2)3/h6-8,16-17,20H,2H2,1,3-5H3/b10-6-/t16-,17+/m0/s1. The molecule has 0 amide bonds. The number of esters is 2. The molecule has 1 N–H and O–H groups in total. The first-order chi connectivity index (χ1) is 11.2. The summed E-state index contributed by atoms with van der Waals surface area (Å²) in [6, 6.07) is 2.78. The van der Waals surface area contributed by atoms with E-state index in [-0.39, 0.29) is 11.5 Å².